The summed E-state index contributed by atoms with van der Waals surface area (Å²) < 4.78 is 2.31. The molecule has 2 aromatic heterocycles. The second-order valence-electron chi connectivity index (χ2n) is 6.46. The zero-order chi connectivity index (χ0) is 17.1. The van der Waals surface area contributed by atoms with Crippen LogP contribution in [0.15, 0.2) is 42.7 Å². The maximum Gasteiger partial charge on any atom is 0.0983 e. The lowest BCUT2D eigenvalue weighted by atomic mass is 10.0. The number of aromatic nitrogens is 2. The topological polar surface area (TPSA) is 38.0 Å². The molecule has 3 rings (SSSR count). The SMILES string of the molecule is CCCc1c(CC)c2cc(C)ccc2n1CC(O)c1cccnc1. The van der Waals surface area contributed by atoms with Crippen molar-refractivity contribution in [3.63, 3.8) is 0 Å². The number of aliphatic hydroxyl groups is 1. The molecule has 0 spiro atoms. The van der Waals surface area contributed by atoms with Crippen molar-refractivity contribution in [3.05, 3.63) is 65.1 Å². The first-order valence-electron chi connectivity index (χ1n) is 8.84. The third-order valence-corrected chi connectivity index (χ3v) is 4.71. The van der Waals surface area contributed by atoms with Gasteiger partial charge in [-0.05, 0) is 43.5 Å². The normalized spacial score (nSPS) is 12.7. The summed E-state index contributed by atoms with van der Waals surface area (Å²) in [7, 11) is 0. The number of benzene rings is 1. The predicted octanol–water partition coefficient (Wildman–Crippen LogP) is 4.59. The van der Waals surface area contributed by atoms with E-state index in [1.54, 1.807) is 12.4 Å². The van der Waals surface area contributed by atoms with Gasteiger partial charge in [-0.1, -0.05) is 38.0 Å². The van der Waals surface area contributed by atoms with Crippen LogP contribution < -0.4 is 0 Å². The minimum Gasteiger partial charge on any atom is -0.386 e. The molecular weight excluding hydrogens is 296 g/mol. The van der Waals surface area contributed by atoms with Gasteiger partial charge in [-0.15, -0.1) is 0 Å². The molecule has 3 heteroatoms. The molecule has 0 saturated carbocycles. The van der Waals surface area contributed by atoms with E-state index in [0.29, 0.717) is 6.54 Å². The molecule has 0 fully saturated rings. The van der Waals surface area contributed by atoms with E-state index in [1.807, 2.05) is 12.1 Å². The first-order valence-corrected chi connectivity index (χ1v) is 8.84. The van der Waals surface area contributed by atoms with Gasteiger partial charge in [0, 0.05) is 34.6 Å². The average Bonchev–Trinajstić information content (AvgIpc) is 2.88. The number of hydrogen-bond acceptors (Lipinski definition) is 2. The Bertz CT molecular complexity index is 821. The van der Waals surface area contributed by atoms with E-state index in [2.05, 4.69) is 48.5 Å². The van der Waals surface area contributed by atoms with Crippen LogP contribution in [0.3, 0.4) is 0 Å². The van der Waals surface area contributed by atoms with Crippen LogP contribution in [0.5, 0.6) is 0 Å². The van der Waals surface area contributed by atoms with Crippen LogP contribution in [0.1, 0.15) is 48.8 Å². The second-order valence-corrected chi connectivity index (χ2v) is 6.46. The maximum absolute atomic E-state index is 10.7. The molecule has 1 aromatic carbocycles. The summed E-state index contributed by atoms with van der Waals surface area (Å²) in [6.07, 6.45) is 6.10. The van der Waals surface area contributed by atoms with Crippen molar-refractivity contribution in [1.29, 1.82) is 0 Å². The molecule has 2 heterocycles. The summed E-state index contributed by atoms with van der Waals surface area (Å²) in [5.41, 5.74) is 6.17. The molecule has 0 saturated heterocycles. The van der Waals surface area contributed by atoms with Gasteiger partial charge in [-0.2, -0.15) is 0 Å². The molecule has 126 valence electrons. The molecule has 0 aliphatic heterocycles. The summed E-state index contributed by atoms with van der Waals surface area (Å²) >= 11 is 0. The Balaban J connectivity index is 2.10. The molecule has 0 bridgehead atoms. The monoisotopic (exact) mass is 322 g/mol. The Morgan fingerprint density at radius 1 is 1.21 bits per heavy atom. The van der Waals surface area contributed by atoms with Gasteiger partial charge in [0.15, 0.2) is 0 Å². The number of rotatable bonds is 6. The lowest BCUT2D eigenvalue weighted by molar-refractivity contribution is 0.156. The number of aryl methyl sites for hydroxylation is 2. The molecule has 0 aliphatic rings. The van der Waals surface area contributed by atoms with Gasteiger partial charge >= 0.3 is 0 Å². The van der Waals surface area contributed by atoms with Crippen LogP contribution >= 0.6 is 0 Å². The van der Waals surface area contributed by atoms with Gasteiger partial charge in [-0.3, -0.25) is 4.98 Å². The van der Waals surface area contributed by atoms with Crippen LogP contribution in [-0.4, -0.2) is 14.7 Å². The summed E-state index contributed by atoms with van der Waals surface area (Å²) in [6, 6.07) is 10.4. The first kappa shape index (κ1) is 16.7. The Morgan fingerprint density at radius 2 is 2.04 bits per heavy atom. The Morgan fingerprint density at radius 3 is 2.71 bits per heavy atom. The highest BCUT2D eigenvalue weighted by Gasteiger charge is 2.18. The fourth-order valence-corrected chi connectivity index (χ4v) is 3.57. The van der Waals surface area contributed by atoms with Gasteiger partial charge in [-0.25, -0.2) is 0 Å². The summed E-state index contributed by atoms with van der Waals surface area (Å²) in [5, 5.41) is 12.0. The van der Waals surface area contributed by atoms with Crippen LogP contribution in [-0.2, 0) is 19.4 Å². The highest BCUT2D eigenvalue weighted by atomic mass is 16.3. The Labute approximate surface area is 144 Å². The molecule has 0 radical (unpaired) electrons. The van der Waals surface area contributed by atoms with E-state index in [1.165, 1.54) is 27.7 Å². The zero-order valence-electron chi connectivity index (χ0n) is 14.8. The van der Waals surface area contributed by atoms with E-state index in [4.69, 9.17) is 0 Å². The van der Waals surface area contributed by atoms with E-state index >= 15 is 0 Å². The highest BCUT2D eigenvalue weighted by Crippen LogP contribution is 2.30. The van der Waals surface area contributed by atoms with Crippen molar-refractivity contribution in [2.75, 3.05) is 0 Å². The smallest absolute Gasteiger partial charge is 0.0983 e. The standard InChI is InChI=1S/C21H26N2O/c1-4-7-19-17(5-2)18-12-15(3)9-10-20(18)23(19)14-21(24)16-8-6-11-22-13-16/h6,8-13,21,24H,4-5,7,14H2,1-3H3. The lowest BCUT2D eigenvalue weighted by Gasteiger charge is -2.16. The molecule has 1 N–H and O–H groups in total. The molecule has 1 atom stereocenters. The highest BCUT2D eigenvalue weighted by molar-refractivity contribution is 5.86. The number of hydrogen-bond donors (Lipinski definition) is 1. The minimum atomic E-state index is -0.545. The molecule has 0 aliphatic carbocycles. The van der Waals surface area contributed by atoms with Crippen molar-refractivity contribution in [2.45, 2.75) is 52.7 Å². The van der Waals surface area contributed by atoms with Crippen molar-refractivity contribution in [3.8, 4) is 0 Å². The van der Waals surface area contributed by atoms with Crippen molar-refractivity contribution < 1.29 is 5.11 Å². The van der Waals surface area contributed by atoms with Crippen LogP contribution in [0.2, 0.25) is 0 Å². The van der Waals surface area contributed by atoms with Gasteiger partial charge < -0.3 is 9.67 Å². The quantitative estimate of drug-likeness (QED) is 0.720. The molecule has 3 nitrogen and oxygen atoms in total. The number of pyridine rings is 1. The van der Waals surface area contributed by atoms with Gasteiger partial charge in [0.05, 0.1) is 12.6 Å². The van der Waals surface area contributed by atoms with Gasteiger partial charge in [0.2, 0.25) is 0 Å². The fourth-order valence-electron chi connectivity index (χ4n) is 3.57. The van der Waals surface area contributed by atoms with Crippen molar-refractivity contribution >= 4 is 10.9 Å². The minimum absolute atomic E-state index is 0.545. The van der Waals surface area contributed by atoms with Crippen LogP contribution in [0.25, 0.3) is 10.9 Å². The Hall–Kier alpha value is -2.13. The molecule has 3 aromatic rings. The van der Waals surface area contributed by atoms with E-state index in [0.717, 1.165) is 24.8 Å². The lowest BCUT2D eigenvalue weighted by Crippen LogP contribution is -2.12. The number of nitrogens with zero attached hydrogens (tertiary/aromatic N) is 2. The molecule has 24 heavy (non-hydrogen) atoms. The van der Waals surface area contributed by atoms with Gasteiger partial charge in [0.1, 0.15) is 0 Å². The molecular formula is C21H26N2O. The average molecular weight is 322 g/mol. The zero-order valence-corrected chi connectivity index (χ0v) is 14.8. The largest absolute Gasteiger partial charge is 0.386 e. The second kappa shape index (κ2) is 7.18. The maximum atomic E-state index is 10.7. The fraction of sp³-hybridized carbons (Fsp3) is 0.381. The van der Waals surface area contributed by atoms with E-state index in [-0.39, 0.29) is 0 Å². The molecule has 0 amide bonds. The van der Waals surface area contributed by atoms with Crippen molar-refractivity contribution in [1.82, 2.24) is 9.55 Å². The van der Waals surface area contributed by atoms with Gasteiger partial charge in [0.25, 0.3) is 0 Å². The third kappa shape index (κ3) is 3.09. The summed E-state index contributed by atoms with van der Waals surface area (Å²) in [4.78, 5) is 4.13. The number of aliphatic hydroxyl groups excluding tert-OH is 1. The summed E-state index contributed by atoms with van der Waals surface area (Å²) in [6.45, 7) is 7.14. The van der Waals surface area contributed by atoms with E-state index in [9.17, 15) is 5.11 Å². The predicted molar refractivity (Wildman–Crippen MR) is 99.2 cm³/mol. The summed E-state index contributed by atoms with van der Waals surface area (Å²) in [5.74, 6) is 0. The van der Waals surface area contributed by atoms with Crippen LogP contribution in [0.4, 0.5) is 0 Å². The van der Waals surface area contributed by atoms with Crippen molar-refractivity contribution in [2.24, 2.45) is 0 Å². The third-order valence-electron chi connectivity index (χ3n) is 4.71. The van der Waals surface area contributed by atoms with Crippen LogP contribution in [0, 0.1) is 6.92 Å². The molecule has 1 unspecified atom stereocenters. The Kier molecular flexibility index (Phi) is 5.00. The number of fused-ring (bicyclic) bond motifs is 1. The van der Waals surface area contributed by atoms with E-state index < -0.39 is 6.10 Å². The first-order chi connectivity index (χ1) is 11.7.